The van der Waals surface area contributed by atoms with E-state index >= 15 is 0 Å². The van der Waals surface area contributed by atoms with Crippen LogP contribution in [0.2, 0.25) is 0 Å². The van der Waals surface area contributed by atoms with Gasteiger partial charge in [0.15, 0.2) is 5.78 Å². The SMILES string of the molecule is O=C(c1cc([N+](=O)[O-])cc([N+](=O)[O-])c1)C1CCCc2c1ccc1ccccc21. The Hall–Kier alpha value is -3.61. The molecule has 7 heteroatoms. The van der Waals surface area contributed by atoms with Crippen molar-refractivity contribution in [2.24, 2.45) is 0 Å². The van der Waals surface area contributed by atoms with E-state index in [1.165, 1.54) is 0 Å². The first-order chi connectivity index (χ1) is 13.5. The normalized spacial score (nSPS) is 15.8. The van der Waals surface area contributed by atoms with Gasteiger partial charge < -0.3 is 0 Å². The molecule has 0 saturated heterocycles. The molecule has 0 N–H and O–H groups in total. The zero-order chi connectivity index (χ0) is 19.8. The molecule has 1 atom stereocenters. The summed E-state index contributed by atoms with van der Waals surface area (Å²) in [5, 5.41) is 24.5. The van der Waals surface area contributed by atoms with E-state index in [9.17, 15) is 25.0 Å². The summed E-state index contributed by atoms with van der Waals surface area (Å²) in [5.41, 5.74) is 1.12. The largest absolute Gasteiger partial charge is 0.293 e. The van der Waals surface area contributed by atoms with E-state index in [1.54, 1.807) is 0 Å². The summed E-state index contributed by atoms with van der Waals surface area (Å²) in [7, 11) is 0. The Morgan fingerprint density at radius 3 is 2.29 bits per heavy atom. The predicted molar refractivity (Wildman–Crippen MR) is 104 cm³/mol. The molecule has 4 rings (SSSR count). The fraction of sp³-hybridized carbons (Fsp3) is 0.190. The third-order valence-corrected chi connectivity index (χ3v) is 5.30. The number of rotatable bonds is 4. The molecule has 0 aromatic heterocycles. The number of carbonyl (C=O) groups is 1. The minimum absolute atomic E-state index is 0.00640. The van der Waals surface area contributed by atoms with Crippen molar-refractivity contribution < 1.29 is 14.6 Å². The molecule has 3 aromatic rings. The fourth-order valence-electron chi connectivity index (χ4n) is 4.02. The van der Waals surface area contributed by atoms with Gasteiger partial charge in [0.2, 0.25) is 0 Å². The van der Waals surface area contributed by atoms with E-state index in [-0.39, 0.29) is 11.3 Å². The quantitative estimate of drug-likeness (QED) is 0.364. The molecule has 3 aromatic carbocycles. The highest BCUT2D eigenvalue weighted by Crippen LogP contribution is 2.38. The van der Waals surface area contributed by atoms with Gasteiger partial charge >= 0.3 is 0 Å². The summed E-state index contributed by atoms with van der Waals surface area (Å²) in [6, 6.07) is 15.0. The maximum atomic E-state index is 13.2. The molecule has 7 nitrogen and oxygen atoms in total. The molecule has 0 saturated carbocycles. The second-order valence-corrected chi connectivity index (χ2v) is 6.92. The summed E-state index contributed by atoms with van der Waals surface area (Å²) in [5.74, 6) is -0.780. The van der Waals surface area contributed by atoms with Crippen LogP contribution in [-0.2, 0) is 6.42 Å². The van der Waals surface area contributed by atoms with Crippen LogP contribution in [0.4, 0.5) is 11.4 Å². The van der Waals surface area contributed by atoms with Crippen LogP contribution in [0, 0.1) is 20.2 Å². The molecule has 0 bridgehead atoms. The maximum Gasteiger partial charge on any atom is 0.277 e. The van der Waals surface area contributed by atoms with Gasteiger partial charge in [-0.05, 0) is 41.2 Å². The summed E-state index contributed by atoms with van der Waals surface area (Å²) >= 11 is 0. The van der Waals surface area contributed by atoms with Gasteiger partial charge in [-0.15, -0.1) is 0 Å². The lowest BCUT2D eigenvalue weighted by Crippen LogP contribution is -2.19. The number of nitrogens with zero attached hydrogens (tertiary/aromatic N) is 2. The van der Waals surface area contributed by atoms with Gasteiger partial charge in [0, 0.05) is 23.6 Å². The maximum absolute atomic E-state index is 13.2. The lowest BCUT2D eigenvalue weighted by atomic mass is 9.77. The Morgan fingerprint density at radius 1 is 0.929 bits per heavy atom. The Labute approximate surface area is 159 Å². The van der Waals surface area contributed by atoms with Crippen molar-refractivity contribution >= 4 is 27.9 Å². The summed E-state index contributed by atoms with van der Waals surface area (Å²) in [6.07, 6.45) is 2.28. The van der Waals surface area contributed by atoms with E-state index in [2.05, 4.69) is 0 Å². The van der Waals surface area contributed by atoms with Crippen LogP contribution in [0.1, 0.15) is 40.2 Å². The van der Waals surface area contributed by atoms with E-state index in [0.29, 0.717) is 6.42 Å². The van der Waals surface area contributed by atoms with Crippen LogP contribution in [0.15, 0.2) is 54.6 Å². The van der Waals surface area contributed by atoms with Crippen LogP contribution >= 0.6 is 0 Å². The second kappa shape index (κ2) is 6.84. The summed E-state index contributed by atoms with van der Waals surface area (Å²) in [4.78, 5) is 34.1. The number of non-ortho nitro benzene ring substituents is 2. The molecule has 28 heavy (non-hydrogen) atoms. The molecule has 0 radical (unpaired) electrons. The van der Waals surface area contributed by atoms with Crippen molar-refractivity contribution in [3.8, 4) is 0 Å². The lowest BCUT2D eigenvalue weighted by molar-refractivity contribution is -0.394. The summed E-state index contributed by atoms with van der Waals surface area (Å²) < 4.78 is 0. The number of nitro groups is 2. The van der Waals surface area contributed by atoms with Gasteiger partial charge in [0.25, 0.3) is 11.4 Å². The predicted octanol–water partition coefficient (Wildman–Crippen LogP) is 4.96. The van der Waals surface area contributed by atoms with E-state index in [4.69, 9.17) is 0 Å². The number of hydrogen-bond donors (Lipinski definition) is 0. The molecule has 1 aliphatic carbocycles. The minimum atomic E-state index is -0.716. The van der Waals surface area contributed by atoms with E-state index in [1.807, 2.05) is 36.4 Å². The number of aryl methyl sites for hydroxylation is 1. The van der Waals surface area contributed by atoms with Gasteiger partial charge in [-0.25, -0.2) is 0 Å². The van der Waals surface area contributed by atoms with Crippen LogP contribution in [-0.4, -0.2) is 15.6 Å². The molecule has 0 spiro atoms. The highest BCUT2D eigenvalue weighted by molar-refractivity contribution is 6.03. The molecular formula is C21H16N2O5. The lowest BCUT2D eigenvalue weighted by Gasteiger charge is -2.26. The Morgan fingerprint density at radius 2 is 1.61 bits per heavy atom. The smallest absolute Gasteiger partial charge is 0.277 e. The average molecular weight is 376 g/mol. The average Bonchev–Trinajstić information content (AvgIpc) is 2.72. The van der Waals surface area contributed by atoms with Gasteiger partial charge in [-0.3, -0.25) is 25.0 Å². The third kappa shape index (κ3) is 3.00. The topological polar surface area (TPSA) is 103 Å². The number of fused-ring (bicyclic) bond motifs is 3. The summed E-state index contributed by atoms with van der Waals surface area (Å²) in [6.45, 7) is 0. The molecule has 0 fully saturated rings. The highest BCUT2D eigenvalue weighted by atomic mass is 16.6. The van der Waals surface area contributed by atoms with Crippen molar-refractivity contribution in [3.63, 3.8) is 0 Å². The van der Waals surface area contributed by atoms with E-state index < -0.39 is 27.1 Å². The molecule has 0 aliphatic heterocycles. The number of ketones is 1. The highest BCUT2D eigenvalue weighted by Gasteiger charge is 2.30. The number of carbonyl (C=O) groups excluding carboxylic acids is 1. The van der Waals surface area contributed by atoms with Crippen molar-refractivity contribution in [3.05, 3.63) is 91.5 Å². The standard InChI is InChI=1S/C21H16N2O5/c24-21(14-10-15(22(25)26)12-16(11-14)23(27)28)20-7-3-6-18-17-5-2-1-4-13(17)8-9-19(18)20/h1-2,4-5,8-12,20H,3,6-7H2. The van der Waals surface area contributed by atoms with Crippen LogP contribution in [0.3, 0.4) is 0 Å². The van der Waals surface area contributed by atoms with Gasteiger partial charge in [0.05, 0.1) is 15.9 Å². The molecule has 0 amide bonds. The zero-order valence-corrected chi connectivity index (χ0v) is 14.8. The second-order valence-electron chi connectivity index (χ2n) is 6.92. The Balaban J connectivity index is 1.81. The van der Waals surface area contributed by atoms with Crippen molar-refractivity contribution in [1.82, 2.24) is 0 Å². The Bertz CT molecular complexity index is 1110. The Kier molecular flexibility index (Phi) is 4.35. The number of benzene rings is 3. The van der Waals surface area contributed by atoms with Crippen molar-refractivity contribution in [2.45, 2.75) is 25.2 Å². The number of hydrogen-bond acceptors (Lipinski definition) is 5. The van der Waals surface area contributed by atoms with E-state index in [0.717, 1.165) is 52.9 Å². The van der Waals surface area contributed by atoms with Crippen molar-refractivity contribution in [2.75, 3.05) is 0 Å². The van der Waals surface area contributed by atoms with Crippen LogP contribution < -0.4 is 0 Å². The third-order valence-electron chi connectivity index (χ3n) is 5.30. The van der Waals surface area contributed by atoms with Crippen LogP contribution in [0.5, 0.6) is 0 Å². The van der Waals surface area contributed by atoms with Gasteiger partial charge in [0.1, 0.15) is 0 Å². The number of Topliss-reactive ketones (excluding diaryl/α,β-unsaturated/α-hetero) is 1. The molecule has 1 aliphatic rings. The first-order valence-electron chi connectivity index (χ1n) is 8.94. The molecule has 140 valence electrons. The monoisotopic (exact) mass is 376 g/mol. The van der Waals surface area contributed by atoms with Gasteiger partial charge in [-0.2, -0.15) is 0 Å². The first kappa shape index (κ1) is 17.8. The molecular weight excluding hydrogens is 360 g/mol. The number of nitro benzene ring substituents is 2. The molecule has 1 unspecified atom stereocenters. The van der Waals surface area contributed by atoms with Crippen LogP contribution in [0.25, 0.3) is 10.8 Å². The first-order valence-corrected chi connectivity index (χ1v) is 8.94. The van der Waals surface area contributed by atoms with Gasteiger partial charge in [-0.1, -0.05) is 36.4 Å². The van der Waals surface area contributed by atoms with Crippen molar-refractivity contribution in [1.29, 1.82) is 0 Å². The molecule has 0 heterocycles. The fourth-order valence-corrected chi connectivity index (χ4v) is 4.02. The minimum Gasteiger partial charge on any atom is -0.293 e. The zero-order valence-electron chi connectivity index (χ0n) is 14.8.